The van der Waals surface area contributed by atoms with Crippen molar-refractivity contribution in [2.75, 3.05) is 6.54 Å². The largest absolute Gasteiger partial charge is 0.329 e. The molecule has 0 aliphatic carbocycles. The van der Waals surface area contributed by atoms with Gasteiger partial charge in [0.25, 0.3) is 0 Å². The minimum Gasteiger partial charge on any atom is -0.329 e. The molecule has 0 saturated heterocycles. The lowest BCUT2D eigenvalue weighted by Crippen LogP contribution is -2.32. The van der Waals surface area contributed by atoms with Crippen LogP contribution in [0, 0.1) is 5.82 Å². The molecule has 0 bridgehead atoms. The molecule has 0 spiro atoms. The van der Waals surface area contributed by atoms with E-state index < -0.39 is 0 Å². The molecule has 0 fully saturated rings. The average Bonchev–Trinajstić information content (AvgIpc) is 2.12. The Balaban J connectivity index is 2.58. The van der Waals surface area contributed by atoms with Crippen LogP contribution in [0.5, 0.6) is 0 Å². The van der Waals surface area contributed by atoms with Crippen LogP contribution < -0.4 is 11.1 Å². The zero-order chi connectivity index (χ0) is 10.6. The molecular formula is C10H14BrFN2. The Morgan fingerprint density at radius 1 is 1.50 bits per heavy atom. The smallest absolute Gasteiger partial charge is 0.124 e. The van der Waals surface area contributed by atoms with Crippen LogP contribution in [0.1, 0.15) is 12.5 Å². The number of benzene rings is 1. The lowest BCUT2D eigenvalue weighted by molar-refractivity contribution is 0.552. The van der Waals surface area contributed by atoms with Gasteiger partial charge in [-0.3, -0.25) is 0 Å². The molecule has 1 atom stereocenters. The van der Waals surface area contributed by atoms with Gasteiger partial charge in [-0.05, 0) is 30.7 Å². The van der Waals surface area contributed by atoms with Gasteiger partial charge in [-0.2, -0.15) is 0 Å². The molecule has 14 heavy (non-hydrogen) atoms. The van der Waals surface area contributed by atoms with Gasteiger partial charge in [-0.25, -0.2) is 4.39 Å². The molecule has 1 aromatic carbocycles. The molecule has 4 heteroatoms. The van der Waals surface area contributed by atoms with Crippen LogP contribution in [0.25, 0.3) is 0 Å². The summed E-state index contributed by atoms with van der Waals surface area (Å²) in [6.45, 7) is 3.21. The second-order valence-corrected chi connectivity index (χ2v) is 4.21. The van der Waals surface area contributed by atoms with E-state index in [1.54, 1.807) is 0 Å². The SMILES string of the molecule is C[C@@H](CN)NCc1cc(F)cc(Br)c1. The highest BCUT2D eigenvalue weighted by Gasteiger charge is 2.01. The standard InChI is InChI=1S/C10H14BrFN2/c1-7(5-13)14-6-8-2-9(11)4-10(12)3-8/h2-4,7,14H,5-6,13H2,1H3/t7-/m0/s1. The van der Waals surface area contributed by atoms with Gasteiger partial charge in [0.1, 0.15) is 5.82 Å². The van der Waals surface area contributed by atoms with Crippen LogP contribution in [0.15, 0.2) is 22.7 Å². The maximum Gasteiger partial charge on any atom is 0.124 e. The first-order valence-electron chi connectivity index (χ1n) is 4.50. The molecule has 78 valence electrons. The van der Waals surface area contributed by atoms with Crippen molar-refractivity contribution in [2.24, 2.45) is 5.73 Å². The fourth-order valence-electron chi connectivity index (χ4n) is 1.09. The number of nitrogens with one attached hydrogen (secondary N) is 1. The Kier molecular flexibility index (Phi) is 4.51. The highest BCUT2D eigenvalue weighted by molar-refractivity contribution is 9.10. The molecule has 0 saturated carbocycles. The summed E-state index contributed by atoms with van der Waals surface area (Å²) in [6.07, 6.45) is 0. The van der Waals surface area contributed by atoms with E-state index in [0.717, 1.165) is 10.0 Å². The van der Waals surface area contributed by atoms with Crippen molar-refractivity contribution >= 4 is 15.9 Å². The van der Waals surface area contributed by atoms with Crippen molar-refractivity contribution < 1.29 is 4.39 Å². The minimum atomic E-state index is -0.225. The van der Waals surface area contributed by atoms with E-state index in [4.69, 9.17) is 5.73 Å². The van der Waals surface area contributed by atoms with Crippen molar-refractivity contribution in [3.8, 4) is 0 Å². The van der Waals surface area contributed by atoms with Gasteiger partial charge in [-0.15, -0.1) is 0 Å². The first-order chi connectivity index (χ1) is 6.61. The van der Waals surface area contributed by atoms with E-state index in [-0.39, 0.29) is 11.9 Å². The summed E-state index contributed by atoms with van der Waals surface area (Å²) >= 11 is 3.24. The quantitative estimate of drug-likeness (QED) is 0.870. The highest BCUT2D eigenvalue weighted by Crippen LogP contribution is 2.14. The van der Waals surface area contributed by atoms with E-state index in [9.17, 15) is 4.39 Å². The summed E-state index contributed by atoms with van der Waals surface area (Å²) < 4.78 is 13.7. The Morgan fingerprint density at radius 3 is 2.79 bits per heavy atom. The molecule has 3 N–H and O–H groups in total. The van der Waals surface area contributed by atoms with Crippen LogP contribution in [-0.2, 0) is 6.54 Å². The summed E-state index contributed by atoms with van der Waals surface area (Å²) in [4.78, 5) is 0. The molecule has 0 aliphatic heterocycles. The molecule has 0 unspecified atom stereocenters. The maximum atomic E-state index is 13.0. The Labute approximate surface area is 91.8 Å². The number of nitrogens with two attached hydrogens (primary N) is 1. The number of halogens is 2. The van der Waals surface area contributed by atoms with Crippen molar-refractivity contribution in [3.05, 3.63) is 34.1 Å². The van der Waals surface area contributed by atoms with Gasteiger partial charge in [0.2, 0.25) is 0 Å². The minimum absolute atomic E-state index is 0.225. The summed E-state index contributed by atoms with van der Waals surface area (Å²) in [5, 5.41) is 3.19. The van der Waals surface area contributed by atoms with Crippen LogP contribution >= 0.6 is 15.9 Å². The predicted molar refractivity (Wildman–Crippen MR) is 59.5 cm³/mol. The third-order valence-corrected chi connectivity index (χ3v) is 2.39. The van der Waals surface area contributed by atoms with Crippen LogP contribution in [0.3, 0.4) is 0 Å². The van der Waals surface area contributed by atoms with E-state index in [1.165, 1.54) is 12.1 Å². The molecule has 0 aliphatic rings. The molecule has 2 nitrogen and oxygen atoms in total. The van der Waals surface area contributed by atoms with Crippen molar-refractivity contribution in [1.82, 2.24) is 5.32 Å². The van der Waals surface area contributed by atoms with Gasteiger partial charge in [0, 0.05) is 23.6 Å². The Bertz CT molecular complexity index is 284. The van der Waals surface area contributed by atoms with Gasteiger partial charge in [0.15, 0.2) is 0 Å². The molecular weight excluding hydrogens is 247 g/mol. The molecule has 0 aromatic heterocycles. The molecule has 0 heterocycles. The molecule has 1 rings (SSSR count). The first kappa shape index (κ1) is 11.6. The lowest BCUT2D eigenvalue weighted by atomic mass is 10.2. The molecule has 0 amide bonds. The maximum absolute atomic E-state index is 13.0. The van der Waals surface area contributed by atoms with Gasteiger partial charge >= 0.3 is 0 Å². The zero-order valence-electron chi connectivity index (χ0n) is 8.06. The topological polar surface area (TPSA) is 38.0 Å². The Hall–Kier alpha value is -0.450. The summed E-state index contributed by atoms with van der Waals surface area (Å²) in [5.41, 5.74) is 6.36. The second kappa shape index (κ2) is 5.44. The number of rotatable bonds is 4. The summed E-state index contributed by atoms with van der Waals surface area (Å²) in [7, 11) is 0. The van der Waals surface area contributed by atoms with Crippen molar-refractivity contribution in [2.45, 2.75) is 19.5 Å². The van der Waals surface area contributed by atoms with Crippen molar-refractivity contribution in [1.29, 1.82) is 0 Å². The van der Waals surface area contributed by atoms with E-state index in [1.807, 2.05) is 13.0 Å². The zero-order valence-corrected chi connectivity index (χ0v) is 9.64. The third kappa shape index (κ3) is 3.74. The Morgan fingerprint density at radius 2 is 2.21 bits per heavy atom. The van der Waals surface area contributed by atoms with Crippen LogP contribution in [0.4, 0.5) is 4.39 Å². The molecule has 1 aromatic rings. The van der Waals surface area contributed by atoms with Crippen molar-refractivity contribution in [3.63, 3.8) is 0 Å². The fourth-order valence-corrected chi connectivity index (χ4v) is 1.60. The predicted octanol–water partition coefficient (Wildman–Crippen LogP) is 2.03. The van der Waals surface area contributed by atoms with E-state index in [2.05, 4.69) is 21.2 Å². The first-order valence-corrected chi connectivity index (χ1v) is 5.29. The second-order valence-electron chi connectivity index (χ2n) is 3.30. The number of hydrogen-bond donors (Lipinski definition) is 2. The van der Waals surface area contributed by atoms with Crippen LogP contribution in [-0.4, -0.2) is 12.6 Å². The fraction of sp³-hybridized carbons (Fsp3) is 0.400. The highest BCUT2D eigenvalue weighted by atomic mass is 79.9. The lowest BCUT2D eigenvalue weighted by Gasteiger charge is -2.11. The van der Waals surface area contributed by atoms with Gasteiger partial charge < -0.3 is 11.1 Å². The number of hydrogen-bond acceptors (Lipinski definition) is 2. The van der Waals surface area contributed by atoms with E-state index in [0.29, 0.717) is 13.1 Å². The normalized spacial score (nSPS) is 12.9. The van der Waals surface area contributed by atoms with Crippen LogP contribution in [0.2, 0.25) is 0 Å². The van der Waals surface area contributed by atoms with E-state index >= 15 is 0 Å². The van der Waals surface area contributed by atoms with Gasteiger partial charge in [-0.1, -0.05) is 15.9 Å². The third-order valence-electron chi connectivity index (χ3n) is 1.93. The average molecular weight is 261 g/mol. The summed E-state index contributed by atoms with van der Waals surface area (Å²) in [6, 6.07) is 5.09. The molecule has 0 radical (unpaired) electrons. The monoisotopic (exact) mass is 260 g/mol. The van der Waals surface area contributed by atoms with Gasteiger partial charge in [0.05, 0.1) is 0 Å². The summed E-state index contributed by atoms with van der Waals surface area (Å²) in [5.74, 6) is -0.225.